The number of hydrogen-bond acceptors (Lipinski definition) is 5. The second-order valence-corrected chi connectivity index (χ2v) is 8.24. The SMILES string of the molecule is O=C(Cn1cnc(-c2ccccc2)cc1=O)Nc1ccc(-c2cn3c(n2)SCC3)cc1. The molecule has 4 aromatic rings. The van der Waals surface area contributed by atoms with E-state index >= 15 is 0 Å². The van der Waals surface area contributed by atoms with Gasteiger partial charge in [0.2, 0.25) is 5.91 Å². The standard InChI is InChI=1S/C23H19N5O2S/c29-21(14-28-15-24-19(12-22(28)30)16-4-2-1-3-5-16)25-18-8-6-17(7-9-18)20-13-27-10-11-31-23(27)26-20/h1-9,12-13,15H,10-11,14H2,(H,25,29). The number of amides is 1. The summed E-state index contributed by atoms with van der Waals surface area (Å²) >= 11 is 1.76. The van der Waals surface area contributed by atoms with E-state index in [1.54, 1.807) is 11.8 Å². The van der Waals surface area contributed by atoms with Crippen LogP contribution >= 0.6 is 11.8 Å². The van der Waals surface area contributed by atoms with Gasteiger partial charge in [-0.15, -0.1) is 0 Å². The fourth-order valence-corrected chi connectivity index (χ4v) is 4.38. The molecule has 0 fully saturated rings. The number of carbonyl (C=O) groups is 1. The van der Waals surface area contributed by atoms with E-state index < -0.39 is 0 Å². The van der Waals surface area contributed by atoms with E-state index in [4.69, 9.17) is 0 Å². The van der Waals surface area contributed by atoms with Gasteiger partial charge in [-0.2, -0.15) is 0 Å². The smallest absolute Gasteiger partial charge is 0.254 e. The summed E-state index contributed by atoms with van der Waals surface area (Å²) in [7, 11) is 0. The first-order chi connectivity index (χ1) is 15.2. The third-order valence-electron chi connectivity index (χ3n) is 5.03. The van der Waals surface area contributed by atoms with Crippen LogP contribution in [0, 0.1) is 0 Å². The number of nitrogens with zero attached hydrogens (tertiary/aromatic N) is 4. The zero-order chi connectivity index (χ0) is 21.2. The summed E-state index contributed by atoms with van der Waals surface area (Å²) in [5.41, 5.74) is 3.76. The topological polar surface area (TPSA) is 81.8 Å². The van der Waals surface area contributed by atoms with Gasteiger partial charge in [-0.25, -0.2) is 9.97 Å². The molecule has 0 aliphatic carbocycles. The highest BCUT2D eigenvalue weighted by Gasteiger charge is 2.15. The molecule has 3 heterocycles. The van der Waals surface area contributed by atoms with Gasteiger partial charge < -0.3 is 9.88 Å². The Kier molecular flexibility index (Phi) is 5.13. The molecule has 1 aliphatic heterocycles. The van der Waals surface area contributed by atoms with Crippen molar-refractivity contribution in [3.05, 3.63) is 83.5 Å². The van der Waals surface area contributed by atoms with Gasteiger partial charge in [0.1, 0.15) is 6.54 Å². The number of aromatic nitrogens is 4. The minimum absolute atomic E-state index is 0.104. The van der Waals surface area contributed by atoms with Crippen molar-refractivity contribution in [1.29, 1.82) is 0 Å². The van der Waals surface area contributed by atoms with Crippen LogP contribution in [0.25, 0.3) is 22.5 Å². The molecule has 0 spiro atoms. The lowest BCUT2D eigenvalue weighted by atomic mass is 10.1. The first-order valence-electron chi connectivity index (χ1n) is 9.88. The van der Waals surface area contributed by atoms with Crippen molar-refractivity contribution >= 4 is 23.4 Å². The summed E-state index contributed by atoms with van der Waals surface area (Å²) in [6.07, 6.45) is 3.46. The number of imidazole rings is 1. The fraction of sp³-hybridized carbons (Fsp3) is 0.130. The summed E-state index contributed by atoms with van der Waals surface area (Å²) in [4.78, 5) is 33.8. The number of fused-ring (bicyclic) bond motifs is 1. The van der Waals surface area contributed by atoms with Crippen LogP contribution in [0.4, 0.5) is 5.69 Å². The van der Waals surface area contributed by atoms with Crippen LogP contribution in [0.3, 0.4) is 0 Å². The molecule has 1 aliphatic rings. The maximum Gasteiger partial charge on any atom is 0.254 e. The van der Waals surface area contributed by atoms with Crippen LogP contribution in [0.15, 0.2) is 83.1 Å². The summed E-state index contributed by atoms with van der Waals surface area (Å²) in [6, 6.07) is 18.4. The number of carbonyl (C=O) groups excluding carboxylic acids is 1. The van der Waals surface area contributed by atoms with Crippen LogP contribution in [0.2, 0.25) is 0 Å². The molecule has 5 rings (SSSR count). The van der Waals surface area contributed by atoms with E-state index in [9.17, 15) is 9.59 Å². The highest BCUT2D eigenvalue weighted by molar-refractivity contribution is 7.99. The first kappa shape index (κ1) is 19.3. The second kappa shape index (κ2) is 8.23. The lowest BCUT2D eigenvalue weighted by Crippen LogP contribution is -2.27. The van der Waals surface area contributed by atoms with Gasteiger partial charge >= 0.3 is 0 Å². The Balaban J connectivity index is 1.24. The maximum absolute atomic E-state index is 12.4. The Morgan fingerprint density at radius 2 is 1.81 bits per heavy atom. The third-order valence-corrected chi connectivity index (χ3v) is 6.00. The lowest BCUT2D eigenvalue weighted by molar-refractivity contribution is -0.116. The number of thioether (sulfide) groups is 1. The van der Waals surface area contributed by atoms with Crippen molar-refractivity contribution in [2.24, 2.45) is 0 Å². The molecular formula is C23H19N5O2S. The average molecular weight is 430 g/mol. The third kappa shape index (κ3) is 4.15. The average Bonchev–Trinajstić information content (AvgIpc) is 3.39. The minimum Gasteiger partial charge on any atom is -0.325 e. The van der Waals surface area contributed by atoms with E-state index in [0.29, 0.717) is 11.4 Å². The van der Waals surface area contributed by atoms with Gasteiger partial charge in [0.15, 0.2) is 5.16 Å². The van der Waals surface area contributed by atoms with Crippen LogP contribution in [-0.2, 0) is 17.9 Å². The summed E-state index contributed by atoms with van der Waals surface area (Å²) < 4.78 is 3.45. The zero-order valence-corrected chi connectivity index (χ0v) is 17.4. The molecule has 7 nitrogen and oxygen atoms in total. The predicted octanol–water partition coefficient (Wildman–Crippen LogP) is 3.52. The van der Waals surface area contributed by atoms with E-state index in [-0.39, 0.29) is 18.0 Å². The number of aryl methyl sites for hydroxylation is 1. The maximum atomic E-state index is 12.4. The molecule has 2 aromatic carbocycles. The van der Waals surface area contributed by atoms with Crippen molar-refractivity contribution in [3.8, 4) is 22.5 Å². The van der Waals surface area contributed by atoms with Crippen LogP contribution in [0.1, 0.15) is 0 Å². The van der Waals surface area contributed by atoms with Gasteiger partial charge in [-0.1, -0.05) is 54.2 Å². The van der Waals surface area contributed by atoms with E-state index in [1.807, 2.05) is 54.6 Å². The summed E-state index contributed by atoms with van der Waals surface area (Å²) in [6.45, 7) is 0.884. The first-order valence-corrected chi connectivity index (χ1v) is 10.9. The molecule has 0 radical (unpaired) electrons. The number of rotatable bonds is 5. The lowest BCUT2D eigenvalue weighted by Gasteiger charge is -2.08. The van der Waals surface area contributed by atoms with Crippen LogP contribution in [0.5, 0.6) is 0 Å². The zero-order valence-electron chi connectivity index (χ0n) is 16.6. The molecule has 0 bridgehead atoms. The Morgan fingerprint density at radius 3 is 2.55 bits per heavy atom. The predicted molar refractivity (Wildman–Crippen MR) is 121 cm³/mol. The molecule has 2 aromatic heterocycles. The van der Waals surface area contributed by atoms with E-state index in [1.165, 1.54) is 17.0 Å². The quantitative estimate of drug-likeness (QED) is 0.525. The Bertz CT molecular complexity index is 1270. The normalized spacial score (nSPS) is 12.5. The summed E-state index contributed by atoms with van der Waals surface area (Å²) in [5, 5.41) is 3.87. The van der Waals surface area contributed by atoms with Crippen molar-refractivity contribution in [3.63, 3.8) is 0 Å². The number of nitrogens with one attached hydrogen (secondary N) is 1. The molecule has 1 amide bonds. The monoisotopic (exact) mass is 429 g/mol. The van der Waals surface area contributed by atoms with Gasteiger partial charge in [0.05, 0.1) is 17.7 Å². The molecule has 0 saturated carbocycles. The van der Waals surface area contributed by atoms with Crippen LogP contribution < -0.4 is 10.9 Å². The van der Waals surface area contributed by atoms with Crippen molar-refractivity contribution in [1.82, 2.24) is 19.1 Å². The molecule has 154 valence electrons. The van der Waals surface area contributed by atoms with Crippen molar-refractivity contribution in [2.75, 3.05) is 11.1 Å². The molecule has 31 heavy (non-hydrogen) atoms. The van der Waals surface area contributed by atoms with E-state index in [2.05, 4.69) is 26.0 Å². The fourth-order valence-electron chi connectivity index (χ4n) is 3.44. The highest BCUT2D eigenvalue weighted by atomic mass is 32.2. The van der Waals surface area contributed by atoms with E-state index in [0.717, 1.165) is 34.3 Å². The molecule has 1 N–H and O–H groups in total. The largest absolute Gasteiger partial charge is 0.325 e. The molecule has 0 unspecified atom stereocenters. The second-order valence-electron chi connectivity index (χ2n) is 7.18. The molecule has 0 saturated heterocycles. The Hall–Kier alpha value is -3.65. The number of hydrogen-bond donors (Lipinski definition) is 1. The number of benzene rings is 2. The van der Waals surface area contributed by atoms with Crippen molar-refractivity contribution in [2.45, 2.75) is 18.2 Å². The van der Waals surface area contributed by atoms with Gasteiger partial charge in [0, 0.05) is 41.4 Å². The van der Waals surface area contributed by atoms with Gasteiger partial charge in [-0.3, -0.25) is 14.2 Å². The molecular weight excluding hydrogens is 410 g/mol. The van der Waals surface area contributed by atoms with Crippen molar-refractivity contribution < 1.29 is 4.79 Å². The van der Waals surface area contributed by atoms with Crippen LogP contribution in [-0.4, -0.2) is 30.8 Å². The Labute approximate surface area is 182 Å². The highest BCUT2D eigenvalue weighted by Crippen LogP contribution is 2.29. The minimum atomic E-state index is -0.290. The van der Waals surface area contributed by atoms with Gasteiger partial charge in [0.25, 0.3) is 5.56 Å². The molecule has 0 atom stereocenters. The number of anilines is 1. The molecule has 8 heteroatoms. The van der Waals surface area contributed by atoms with Gasteiger partial charge in [-0.05, 0) is 12.1 Å². The summed E-state index contributed by atoms with van der Waals surface area (Å²) in [5.74, 6) is 0.780. The Morgan fingerprint density at radius 1 is 1.03 bits per heavy atom.